The lowest BCUT2D eigenvalue weighted by atomic mass is 10.2. The summed E-state index contributed by atoms with van der Waals surface area (Å²) >= 11 is 0. The maximum atomic E-state index is 11.2. The second-order valence-electron chi connectivity index (χ2n) is 3.80. The zero-order valence-electron chi connectivity index (χ0n) is 8.39. The highest BCUT2D eigenvalue weighted by atomic mass is 16.2. The topological polar surface area (TPSA) is 53.2 Å². The maximum Gasteiger partial charge on any atom is 0.315 e. The van der Waals surface area contributed by atoms with E-state index in [1.54, 1.807) is 0 Å². The Morgan fingerprint density at radius 2 is 2.38 bits per heavy atom. The molecule has 76 valence electrons. The monoisotopic (exact) mass is 185 g/mol. The van der Waals surface area contributed by atoms with Crippen molar-refractivity contribution in [1.82, 2.24) is 16.0 Å². The van der Waals surface area contributed by atoms with Gasteiger partial charge in [-0.2, -0.15) is 0 Å². The minimum Gasteiger partial charge on any atom is -0.337 e. The summed E-state index contributed by atoms with van der Waals surface area (Å²) in [4.78, 5) is 11.2. The van der Waals surface area contributed by atoms with E-state index < -0.39 is 0 Å². The Labute approximate surface area is 79.5 Å². The van der Waals surface area contributed by atoms with E-state index in [4.69, 9.17) is 0 Å². The minimum absolute atomic E-state index is 0.0660. The predicted molar refractivity (Wildman–Crippen MR) is 52.7 cm³/mol. The lowest BCUT2D eigenvalue weighted by molar-refractivity contribution is 0.237. The number of carbonyl (C=O) groups excluding carboxylic acids is 1. The average molecular weight is 185 g/mol. The van der Waals surface area contributed by atoms with Crippen LogP contribution in [-0.4, -0.2) is 31.2 Å². The summed E-state index contributed by atoms with van der Waals surface area (Å²) in [5.41, 5.74) is 0. The van der Waals surface area contributed by atoms with Crippen LogP contribution >= 0.6 is 0 Å². The molecule has 1 fully saturated rings. The molecule has 4 heteroatoms. The van der Waals surface area contributed by atoms with Gasteiger partial charge in [-0.05, 0) is 33.2 Å². The van der Waals surface area contributed by atoms with Crippen LogP contribution in [0, 0.1) is 0 Å². The van der Waals surface area contributed by atoms with E-state index in [-0.39, 0.29) is 12.1 Å². The van der Waals surface area contributed by atoms with Gasteiger partial charge >= 0.3 is 6.03 Å². The maximum absolute atomic E-state index is 11.2. The Kier molecular flexibility index (Phi) is 4.02. The molecule has 1 aliphatic heterocycles. The Bertz CT molecular complexity index is 164. The standard InChI is InChI=1S/C9H19N3O/c1-7(2)12-9(13)11-6-8-4-3-5-10-8/h7-8,10H,3-6H2,1-2H3,(H2,11,12,13). The van der Waals surface area contributed by atoms with Gasteiger partial charge in [-0.3, -0.25) is 0 Å². The number of hydrogen-bond donors (Lipinski definition) is 3. The van der Waals surface area contributed by atoms with Gasteiger partial charge in [0.25, 0.3) is 0 Å². The van der Waals surface area contributed by atoms with Gasteiger partial charge in [0.2, 0.25) is 0 Å². The molecule has 0 aromatic carbocycles. The largest absolute Gasteiger partial charge is 0.337 e. The van der Waals surface area contributed by atoms with Crippen molar-refractivity contribution >= 4 is 6.03 Å². The van der Waals surface area contributed by atoms with Crippen molar-refractivity contribution < 1.29 is 4.79 Å². The van der Waals surface area contributed by atoms with Crippen molar-refractivity contribution in [1.29, 1.82) is 0 Å². The van der Waals surface area contributed by atoms with Crippen LogP contribution in [-0.2, 0) is 0 Å². The summed E-state index contributed by atoms with van der Waals surface area (Å²) in [5, 5.41) is 8.96. The van der Waals surface area contributed by atoms with Crippen molar-refractivity contribution in [3.63, 3.8) is 0 Å². The molecular weight excluding hydrogens is 166 g/mol. The first-order chi connectivity index (χ1) is 6.18. The van der Waals surface area contributed by atoms with Crippen LogP contribution < -0.4 is 16.0 Å². The van der Waals surface area contributed by atoms with Gasteiger partial charge in [0.05, 0.1) is 0 Å². The van der Waals surface area contributed by atoms with E-state index in [1.165, 1.54) is 12.8 Å². The molecule has 4 nitrogen and oxygen atoms in total. The second-order valence-corrected chi connectivity index (χ2v) is 3.80. The van der Waals surface area contributed by atoms with Gasteiger partial charge in [-0.25, -0.2) is 4.79 Å². The molecule has 2 amide bonds. The SMILES string of the molecule is CC(C)NC(=O)NCC1CCCN1. The lowest BCUT2D eigenvalue weighted by Gasteiger charge is -2.13. The van der Waals surface area contributed by atoms with Gasteiger partial charge in [-0.1, -0.05) is 0 Å². The van der Waals surface area contributed by atoms with Crippen molar-refractivity contribution in [2.24, 2.45) is 0 Å². The molecule has 0 bridgehead atoms. The fraction of sp³-hybridized carbons (Fsp3) is 0.889. The number of hydrogen-bond acceptors (Lipinski definition) is 2. The smallest absolute Gasteiger partial charge is 0.315 e. The zero-order chi connectivity index (χ0) is 9.68. The molecule has 1 saturated heterocycles. The Hall–Kier alpha value is -0.770. The number of carbonyl (C=O) groups is 1. The first-order valence-corrected chi connectivity index (χ1v) is 4.96. The van der Waals surface area contributed by atoms with Crippen molar-refractivity contribution in [3.05, 3.63) is 0 Å². The van der Waals surface area contributed by atoms with Gasteiger partial charge < -0.3 is 16.0 Å². The van der Waals surface area contributed by atoms with E-state index in [9.17, 15) is 4.79 Å². The van der Waals surface area contributed by atoms with Crippen LogP contribution in [0.15, 0.2) is 0 Å². The molecule has 3 N–H and O–H groups in total. The van der Waals surface area contributed by atoms with E-state index >= 15 is 0 Å². The van der Waals surface area contributed by atoms with E-state index in [1.807, 2.05) is 13.8 Å². The fourth-order valence-electron chi connectivity index (χ4n) is 1.46. The molecule has 0 spiro atoms. The normalized spacial score (nSPS) is 21.9. The predicted octanol–water partition coefficient (Wildman–Crippen LogP) is 0.446. The van der Waals surface area contributed by atoms with Crippen LogP contribution in [0.2, 0.25) is 0 Å². The van der Waals surface area contributed by atoms with Gasteiger partial charge in [-0.15, -0.1) is 0 Å². The molecule has 0 saturated carbocycles. The highest BCUT2D eigenvalue weighted by Crippen LogP contribution is 2.02. The molecule has 0 radical (unpaired) electrons. The molecule has 0 aromatic heterocycles. The molecule has 0 aromatic rings. The Morgan fingerprint density at radius 1 is 1.62 bits per heavy atom. The third kappa shape index (κ3) is 4.12. The van der Waals surface area contributed by atoms with Crippen molar-refractivity contribution in [3.8, 4) is 0 Å². The molecule has 1 atom stereocenters. The number of urea groups is 1. The molecular formula is C9H19N3O. The quantitative estimate of drug-likeness (QED) is 0.598. The van der Waals surface area contributed by atoms with Gasteiger partial charge in [0.15, 0.2) is 0 Å². The molecule has 1 heterocycles. The Balaban J connectivity index is 2.07. The fourth-order valence-corrected chi connectivity index (χ4v) is 1.46. The van der Waals surface area contributed by atoms with Crippen LogP contribution in [0.3, 0.4) is 0 Å². The lowest BCUT2D eigenvalue weighted by Crippen LogP contribution is -2.44. The van der Waals surface area contributed by atoms with E-state index in [0.29, 0.717) is 6.04 Å². The molecule has 13 heavy (non-hydrogen) atoms. The van der Waals surface area contributed by atoms with Crippen LogP contribution in [0.5, 0.6) is 0 Å². The Morgan fingerprint density at radius 3 is 2.92 bits per heavy atom. The summed E-state index contributed by atoms with van der Waals surface area (Å²) in [6.45, 7) is 5.72. The summed E-state index contributed by atoms with van der Waals surface area (Å²) < 4.78 is 0. The minimum atomic E-state index is -0.0660. The summed E-state index contributed by atoms with van der Waals surface area (Å²) in [5.74, 6) is 0. The second kappa shape index (κ2) is 5.07. The number of nitrogens with one attached hydrogen (secondary N) is 3. The van der Waals surface area contributed by atoms with Crippen LogP contribution in [0.4, 0.5) is 4.79 Å². The summed E-state index contributed by atoms with van der Waals surface area (Å²) in [7, 11) is 0. The molecule has 1 aliphatic rings. The van der Waals surface area contributed by atoms with E-state index in [2.05, 4.69) is 16.0 Å². The summed E-state index contributed by atoms with van der Waals surface area (Å²) in [6, 6.07) is 0.609. The average Bonchev–Trinajstić information content (AvgIpc) is 2.51. The highest BCUT2D eigenvalue weighted by Gasteiger charge is 2.14. The molecule has 1 rings (SSSR count). The summed E-state index contributed by atoms with van der Waals surface area (Å²) in [6.07, 6.45) is 2.39. The number of rotatable bonds is 3. The molecule has 0 aliphatic carbocycles. The van der Waals surface area contributed by atoms with Crippen LogP contribution in [0.25, 0.3) is 0 Å². The van der Waals surface area contributed by atoms with E-state index in [0.717, 1.165) is 13.1 Å². The third-order valence-electron chi connectivity index (χ3n) is 2.09. The van der Waals surface area contributed by atoms with Crippen molar-refractivity contribution in [2.75, 3.05) is 13.1 Å². The van der Waals surface area contributed by atoms with Gasteiger partial charge in [0.1, 0.15) is 0 Å². The first kappa shape index (κ1) is 10.3. The van der Waals surface area contributed by atoms with Crippen LogP contribution in [0.1, 0.15) is 26.7 Å². The first-order valence-electron chi connectivity index (χ1n) is 4.96. The van der Waals surface area contributed by atoms with Crippen molar-refractivity contribution in [2.45, 2.75) is 38.8 Å². The zero-order valence-corrected chi connectivity index (χ0v) is 8.39. The van der Waals surface area contributed by atoms with Gasteiger partial charge in [0, 0.05) is 18.6 Å². The third-order valence-corrected chi connectivity index (χ3v) is 2.09. The molecule has 1 unspecified atom stereocenters. The number of amides is 2. The highest BCUT2D eigenvalue weighted by molar-refractivity contribution is 5.74.